The maximum absolute atomic E-state index is 10.2. The van der Waals surface area contributed by atoms with Crippen molar-refractivity contribution in [3.05, 3.63) is 28.2 Å². The highest BCUT2D eigenvalue weighted by atomic mass is 79.9. The largest absolute Gasteiger partial charge is 0.496 e. The summed E-state index contributed by atoms with van der Waals surface area (Å²) in [6.07, 6.45) is 1.62. The predicted molar refractivity (Wildman–Crippen MR) is 80.6 cm³/mol. The van der Waals surface area contributed by atoms with Gasteiger partial charge in [-0.15, -0.1) is 0 Å². The van der Waals surface area contributed by atoms with Gasteiger partial charge in [0.05, 0.1) is 17.7 Å². The topological polar surface area (TPSA) is 32.7 Å². The molecule has 3 nitrogen and oxygen atoms in total. The summed E-state index contributed by atoms with van der Waals surface area (Å²) in [4.78, 5) is 2.41. The Hall–Kier alpha value is -0.580. The minimum absolute atomic E-state index is 0.177. The molecule has 0 aliphatic carbocycles. The van der Waals surface area contributed by atoms with E-state index in [1.807, 2.05) is 6.07 Å². The first-order valence-electron chi connectivity index (χ1n) is 6.87. The lowest BCUT2D eigenvalue weighted by atomic mass is 9.89. The first-order valence-corrected chi connectivity index (χ1v) is 7.66. The van der Waals surface area contributed by atoms with Crippen LogP contribution in [0.2, 0.25) is 0 Å². The zero-order chi connectivity index (χ0) is 13.8. The van der Waals surface area contributed by atoms with E-state index in [4.69, 9.17) is 4.74 Å². The Kier molecular flexibility index (Phi) is 5.25. The third-order valence-electron chi connectivity index (χ3n) is 3.94. The highest BCUT2D eigenvalue weighted by Gasteiger charge is 2.27. The predicted octanol–water partition coefficient (Wildman–Crippen LogP) is 2.70. The second-order valence-corrected chi connectivity index (χ2v) is 6.04. The van der Waals surface area contributed by atoms with E-state index in [1.54, 1.807) is 7.11 Å². The van der Waals surface area contributed by atoms with Crippen molar-refractivity contribution in [2.75, 3.05) is 26.7 Å². The van der Waals surface area contributed by atoms with Gasteiger partial charge in [0.2, 0.25) is 0 Å². The smallest absolute Gasteiger partial charge is 0.133 e. The van der Waals surface area contributed by atoms with Gasteiger partial charge in [-0.25, -0.2) is 0 Å². The average molecular weight is 328 g/mol. The summed E-state index contributed by atoms with van der Waals surface area (Å²) in [5, 5.41) is 10.2. The van der Waals surface area contributed by atoms with E-state index in [9.17, 15) is 5.11 Å². The normalized spacial score (nSPS) is 24.4. The van der Waals surface area contributed by atoms with Crippen LogP contribution in [-0.4, -0.2) is 42.9 Å². The van der Waals surface area contributed by atoms with E-state index >= 15 is 0 Å². The summed E-state index contributed by atoms with van der Waals surface area (Å²) in [5.74, 6) is 1.18. The Bertz CT molecular complexity index is 425. The Balaban J connectivity index is 2.05. The standard InChI is InChI=1S/C15H22BrNO2/c1-3-17-7-6-14(18)12(10-17)8-11-4-5-15(19-2)13(16)9-11/h4-5,9,12,14,18H,3,6-8,10H2,1-2H3. The molecule has 1 fully saturated rings. The number of benzene rings is 1. The van der Waals surface area contributed by atoms with Gasteiger partial charge >= 0.3 is 0 Å². The maximum atomic E-state index is 10.2. The van der Waals surface area contributed by atoms with E-state index in [0.29, 0.717) is 5.92 Å². The third kappa shape index (κ3) is 3.71. The molecule has 2 unspecified atom stereocenters. The van der Waals surface area contributed by atoms with Crippen LogP contribution in [-0.2, 0) is 6.42 Å². The van der Waals surface area contributed by atoms with Crippen LogP contribution < -0.4 is 4.74 Å². The zero-order valence-electron chi connectivity index (χ0n) is 11.6. The van der Waals surface area contributed by atoms with Crippen LogP contribution in [0.1, 0.15) is 18.9 Å². The molecule has 2 atom stereocenters. The minimum Gasteiger partial charge on any atom is -0.496 e. The van der Waals surface area contributed by atoms with Gasteiger partial charge in [0.1, 0.15) is 5.75 Å². The molecule has 1 saturated heterocycles. The molecule has 0 spiro atoms. The van der Waals surface area contributed by atoms with Gasteiger partial charge in [-0.05, 0) is 53.0 Å². The Morgan fingerprint density at radius 2 is 2.26 bits per heavy atom. The van der Waals surface area contributed by atoms with Crippen molar-refractivity contribution in [3.63, 3.8) is 0 Å². The summed E-state index contributed by atoms with van der Waals surface area (Å²) < 4.78 is 6.22. The van der Waals surface area contributed by atoms with Crippen molar-refractivity contribution in [2.45, 2.75) is 25.9 Å². The average Bonchev–Trinajstić information content (AvgIpc) is 2.41. The lowest BCUT2D eigenvalue weighted by Gasteiger charge is -2.35. The molecule has 19 heavy (non-hydrogen) atoms. The number of nitrogens with zero attached hydrogens (tertiary/aromatic N) is 1. The quantitative estimate of drug-likeness (QED) is 0.922. The van der Waals surface area contributed by atoms with Gasteiger partial charge in [-0.2, -0.15) is 0 Å². The summed E-state index contributed by atoms with van der Waals surface area (Å²) in [6, 6.07) is 6.16. The molecule has 0 aromatic heterocycles. The van der Waals surface area contributed by atoms with Gasteiger partial charge < -0.3 is 14.7 Å². The van der Waals surface area contributed by atoms with Crippen LogP contribution in [0.25, 0.3) is 0 Å². The second-order valence-electron chi connectivity index (χ2n) is 5.18. The van der Waals surface area contributed by atoms with Crippen LogP contribution in [0.5, 0.6) is 5.75 Å². The fraction of sp³-hybridized carbons (Fsp3) is 0.600. The highest BCUT2D eigenvalue weighted by Crippen LogP contribution is 2.28. The van der Waals surface area contributed by atoms with Crippen LogP contribution in [0.3, 0.4) is 0 Å². The van der Waals surface area contributed by atoms with E-state index < -0.39 is 0 Å². The summed E-state index contributed by atoms with van der Waals surface area (Å²) >= 11 is 3.51. The van der Waals surface area contributed by atoms with Crippen molar-refractivity contribution >= 4 is 15.9 Å². The van der Waals surface area contributed by atoms with Crippen molar-refractivity contribution in [3.8, 4) is 5.75 Å². The molecule has 106 valence electrons. The number of hydrogen-bond acceptors (Lipinski definition) is 3. The summed E-state index contributed by atoms with van der Waals surface area (Å²) in [6.45, 7) is 5.25. The van der Waals surface area contributed by atoms with Gasteiger partial charge in [0.15, 0.2) is 0 Å². The molecule has 0 bridgehead atoms. The molecule has 1 aromatic rings. The molecule has 1 aliphatic heterocycles. The first kappa shape index (κ1) is 14.8. The number of piperidine rings is 1. The maximum Gasteiger partial charge on any atom is 0.133 e. The molecule has 1 N–H and O–H groups in total. The van der Waals surface area contributed by atoms with Gasteiger partial charge in [0.25, 0.3) is 0 Å². The van der Waals surface area contributed by atoms with Crippen LogP contribution >= 0.6 is 15.9 Å². The number of aliphatic hydroxyl groups excluding tert-OH is 1. The summed E-state index contributed by atoms with van der Waals surface area (Å²) in [7, 11) is 1.67. The zero-order valence-corrected chi connectivity index (χ0v) is 13.2. The number of aliphatic hydroxyl groups is 1. The molecule has 0 radical (unpaired) electrons. The third-order valence-corrected chi connectivity index (χ3v) is 4.56. The van der Waals surface area contributed by atoms with E-state index in [0.717, 1.165) is 42.7 Å². The monoisotopic (exact) mass is 327 g/mol. The lowest BCUT2D eigenvalue weighted by molar-refractivity contribution is 0.0290. The Morgan fingerprint density at radius 1 is 1.47 bits per heavy atom. The van der Waals surface area contributed by atoms with Gasteiger partial charge in [-0.1, -0.05) is 13.0 Å². The van der Waals surface area contributed by atoms with Crippen molar-refractivity contribution in [1.29, 1.82) is 0 Å². The van der Waals surface area contributed by atoms with Crippen molar-refractivity contribution in [2.24, 2.45) is 5.92 Å². The van der Waals surface area contributed by atoms with Crippen molar-refractivity contribution < 1.29 is 9.84 Å². The SMILES string of the molecule is CCN1CCC(O)C(Cc2ccc(OC)c(Br)c2)C1. The Morgan fingerprint density at radius 3 is 2.89 bits per heavy atom. The highest BCUT2D eigenvalue weighted by molar-refractivity contribution is 9.10. The molecule has 1 aliphatic rings. The molecule has 1 heterocycles. The van der Waals surface area contributed by atoms with E-state index in [1.165, 1.54) is 5.56 Å². The first-order chi connectivity index (χ1) is 9.13. The van der Waals surface area contributed by atoms with Crippen LogP contribution in [0.15, 0.2) is 22.7 Å². The number of halogens is 1. The molecular weight excluding hydrogens is 306 g/mol. The lowest BCUT2D eigenvalue weighted by Crippen LogP contribution is -2.43. The fourth-order valence-corrected chi connectivity index (χ4v) is 3.31. The molecule has 2 rings (SSSR count). The molecule has 4 heteroatoms. The van der Waals surface area contributed by atoms with Crippen LogP contribution in [0, 0.1) is 5.92 Å². The minimum atomic E-state index is -0.177. The van der Waals surface area contributed by atoms with Crippen LogP contribution in [0.4, 0.5) is 0 Å². The number of hydrogen-bond donors (Lipinski definition) is 1. The Labute approximate surface area is 123 Å². The summed E-state index contributed by atoms with van der Waals surface area (Å²) in [5.41, 5.74) is 1.25. The molecule has 0 amide bonds. The van der Waals surface area contributed by atoms with E-state index in [-0.39, 0.29) is 6.10 Å². The number of likely N-dealkylation sites (tertiary alicyclic amines) is 1. The molecule has 1 aromatic carbocycles. The number of rotatable bonds is 4. The molecular formula is C15H22BrNO2. The van der Waals surface area contributed by atoms with Gasteiger partial charge in [-0.3, -0.25) is 0 Å². The number of ether oxygens (including phenoxy) is 1. The molecule has 0 saturated carbocycles. The van der Waals surface area contributed by atoms with Gasteiger partial charge in [0, 0.05) is 19.0 Å². The second kappa shape index (κ2) is 6.73. The number of methoxy groups -OCH3 is 1. The van der Waals surface area contributed by atoms with E-state index in [2.05, 4.69) is 39.9 Å². The van der Waals surface area contributed by atoms with Crippen molar-refractivity contribution in [1.82, 2.24) is 4.90 Å². The fourth-order valence-electron chi connectivity index (χ4n) is 2.72.